The van der Waals surface area contributed by atoms with E-state index in [2.05, 4.69) is 5.32 Å². The molecule has 0 bridgehead atoms. The molecule has 1 aromatic carbocycles. The number of rotatable bonds is 3. The van der Waals surface area contributed by atoms with E-state index in [1.807, 2.05) is 11.0 Å². The topological polar surface area (TPSA) is 50.8 Å². The molecular formula is C17H24N2O3. The number of likely N-dealkylation sites (tertiary alicyclic amines) is 1. The molecular weight excluding hydrogens is 280 g/mol. The molecule has 1 aromatic rings. The molecule has 3 rings (SSSR count). The summed E-state index contributed by atoms with van der Waals surface area (Å²) in [7, 11) is 3.20. The molecule has 1 spiro atoms. The average molecular weight is 304 g/mol. The van der Waals surface area contributed by atoms with E-state index in [-0.39, 0.29) is 5.91 Å². The minimum absolute atomic E-state index is 0.0385. The molecule has 2 saturated heterocycles. The zero-order chi connectivity index (χ0) is 15.6. The monoisotopic (exact) mass is 304 g/mol. The van der Waals surface area contributed by atoms with E-state index in [0.29, 0.717) is 22.5 Å². The quantitative estimate of drug-likeness (QED) is 0.927. The average Bonchev–Trinajstić information content (AvgIpc) is 3.02. The van der Waals surface area contributed by atoms with Crippen LogP contribution in [0.1, 0.15) is 29.6 Å². The van der Waals surface area contributed by atoms with Gasteiger partial charge in [-0.2, -0.15) is 0 Å². The van der Waals surface area contributed by atoms with Gasteiger partial charge in [-0.3, -0.25) is 4.79 Å². The van der Waals surface area contributed by atoms with Gasteiger partial charge < -0.3 is 19.7 Å². The molecule has 0 radical (unpaired) electrons. The Balaban J connectivity index is 1.74. The molecule has 1 N–H and O–H groups in total. The summed E-state index contributed by atoms with van der Waals surface area (Å²) in [5.74, 6) is 1.32. The van der Waals surface area contributed by atoms with Crippen molar-refractivity contribution in [2.45, 2.75) is 19.3 Å². The van der Waals surface area contributed by atoms with Gasteiger partial charge in [0.15, 0.2) is 0 Å². The summed E-state index contributed by atoms with van der Waals surface area (Å²) >= 11 is 0. The molecule has 5 heteroatoms. The van der Waals surface area contributed by atoms with E-state index in [4.69, 9.17) is 9.47 Å². The Morgan fingerprint density at radius 3 is 2.55 bits per heavy atom. The van der Waals surface area contributed by atoms with Crippen molar-refractivity contribution < 1.29 is 14.3 Å². The van der Waals surface area contributed by atoms with Gasteiger partial charge in [-0.15, -0.1) is 0 Å². The third-order valence-corrected chi connectivity index (χ3v) is 5.08. The van der Waals surface area contributed by atoms with Crippen LogP contribution in [0.2, 0.25) is 0 Å². The maximum Gasteiger partial charge on any atom is 0.257 e. The predicted octanol–water partition coefficient (Wildman–Crippen LogP) is 1.92. The fraction of sp³-hybridized carbons (Fsp3) is 0.588. The lowest BCUT2D eigenvalue weighted by Crippen LogP contribution is -2.44. The number of piperidine rings is 1. The van der Waals surface area contributed by atoms with E-state index in [1.54, 1.807) is 26.4 Å². The number of hydrogen-bond acceptors (Lipinski definition) is 4. The molecule has 120 valence electrons. The number of carbonyl (C=O) groups excluding carboxylic acids is 1. The summed E-state index contributed by atoms with van der Waals surface area (Å²) in [6.07, 6.45) is 3.40. The van der Waals surface area contributed by atoms with Gasteiger partial charge in [-0.05, 0) is 49.4 Å². The van der Waals surface area contributed by atoms with Crippen LogP contribution in [-0.2, 0) is 0 Å². The van der Waals surface area contributed by atoms with Gasteiger partial charge in [0.25, 0.3) is 5.91 Å². The number of nitrogens with one attached hydrogen (secondary N) is 1. The summed E-state index contributed by atoms with van der Waals surface area (Å²) in [6, 6.07) is 5.37. The maximum atomic E-state index is 12.8. The molecule has 0 aromatic heterocycles. The molecule has 5 nitrogen and oxygen atoms in total. The van der Waals surface area contributed by atoms with Crippen LogP contribution < -0.4 is 14.8 Å². The minimum atomic E-state index is 0.0385. The Hall–Kier alpha value is -1.75. The highest BCUT2D eigenvalue weighted by Crippen LogP contribution is 2.37. The van der Waals surface area contributed by atoms with Gasteiger partial charge in [-0.1, -0.05) is 0 Å². The summed E-state index contributed by atoms with van der Waals surface area (Å²) in [5.41, 5.74) is 0.997. The minimum Gasteiger partial charge on any atom is -0.497 e. The standard InChI is InChI=1S/C17H24N2O3/c1-21-13-3-4-15(22-2)14(11-13)16(20)19-9-6-17(7-10-19)5-8-18-12-17/h3-4,11,18H,5-10,12H2,1-2H3. The first kappa shape index (κ1) is 15.2. The van der Waals surface area contributed by atoms with E-state index >= 15 is 0 Å². The molecule has 2 heterocycles. The Labute approximate surface area is 131 Å². The normalized spacial score (nSPS) is 20.2. The van der Waals surface area contributed by atoms with Crippen molar-refractivity contribution >= 4 is 5.91 Å². The van der Waals surface area contributed by atoms with E-state index in [9.17, 15) is 4.79 Å². The second kappa shape index (κ2) is 6.16. The Kier molecular flexibility index (Phi) is 4.25. The maximum absolute atomic E-state index is 12.8. The fourth-order valence-corrected chi connectivity index (χ4v) is 3.56. The van der Waals surface area contributed by atoms with Crippen molar-refractivity contribution in [1.29, 1.82) is 0 Å². The highest BCUT2D eigenvalue weighted by molar-refractivity contribution is 5.97. The molecule has 2 aliphatic heterocycles. The van der Waals surface area contributed by atoms with Crippen LogP contribution in [0, 0.1) is 5.41 Å². The molecule has 0 aliphatic carbocycles. The first-order chi connectivity index (χ1) is 10.7. The largest absolute Gasteiger partial charge is 0.497 e. The van der Waals surface area contributed by atoms with Crippen molar-refractivity contribution in [2.75, 3.05) is 40.4 Å². The predicted molar refractivity (Wildman–Crippen MR) is 84.6 cm³/mol. The van der Waals surface area contributed by atoms with Gasteiger partial charge in [0, 0.05) is 19.6 Å². The summed E-state index contributed by atoms with van der Waals surface area (Å²) in [4.78, 5) is 14.8. The number of ether oxygens (including phenoxy) is 2. The van der Waals surface area contributed by atoms with Crippen LogP contribution >= 0.6 is 0 Å². The highest BCUT2D eigenvalue weighted by Gasteiger charge is 2.38. The number of methoxy groups -OCH3 is 2. The number of amides is 1. The third-order valence-electron chi connectivity index (χ3n) is 5.08. The highest BCUT2D eigenvalue weighted by atomic mass is 16.5. The van der Waals surface area contributed by atoms with Gasteiger partial charge in [0.05, 0.1) is 19.8 Å². The lowest BCUT2D eigenvalue weighted by molar-refractivity contribution is 0.0604. The first-order valence-corrected chi connectivity index (χ1v) is 7.89. The van der Waals surface area contributed by atoms with Crippen LogP contribution in [-0.4, -0.2) is 51.2 Å². The van der Waals surface area contributed by atoms with Crippen LogP contribution in [0.4, 0.5) is 0 Å². The van der Waals surface area contributed by atoms with Crippen LogP contribution in [0.5, 0.6) is 11.5 Å². The summed E-state index contributed by atoms with van der Waals surface area (Å²) < 4.78 is 10.6. The summed E-state index contributed by atoms with van der Waals surface area (Å²) in [6.45, 7) is 3.84. The lowest BCUT2D eigenvalue weighted by atomic mass is 9.78. The number of carbonyl (C=O) groups is 1. The molecule has 0 unspecified atom stereocenters. The van der Waals surface area contributed by atoms with Crippen molar-refractivity contribution in [3.05, 3.63) is 23.8 Å². The number of nitrogens with zero attached hydrogens (tertiary/aromatic N) is 1. The smallest absolute Gasteiger partial charge is 0.257 e. The molecule has 0 atom stereocenters. The van der Waals surface area contributed by atoms with Crippen molar-refractivity contribution in [3.8, 4) is 11.5 Å². The molecule has 22 heavy (non-hydrogen) atoms. The molecule has 0 saturated carbocycles. The van der Waals surface area contributed by atoms with Crippen molar-refractivity contribution in [1.82, 2.24) is 10.2 Å². The fourth-order valence-electron chi connectivity index (χ4n) is 3.56. The van der Waals surface area contributed by atoms with Gasteiger partial charge in [0.1, 0.15) is 11.5 Å². The second-order valence-corrected chi connectivity index (χ2v) is 6.29. The van der Waals surface area contributed by atoms with Gasteiger partial charge >= 0.3 is 0 Å². The summed E-state index contributed by atoms with van der Waals surface area (Å²) in [5, 5.41) is 3.45. The van der Waals surface area contributed by atoms with Crippen molar-refractivity contribution in [3.63, 3.8) is 0 Å². The Morgan fingerprint density at radius 2 is 1.95 bits per heavy atom. The first-order valence-electron chi connectivity index (χ1n) is 7.89. The van der Waals surface area contributed by atoms with Gasteiger partial charge in [0.2, 0.25) is 0 Å². The van der Waals surface area contributed by atoms with Crippen LogP contribution in [0.25, 0.3) is 0 Å². The molecule has 2 aliphatic rings. The van der Waals surface area contributed by atoms with E-state index in [1.165, 1.54) is 6.42 Å². The molecule has 1 amide bonds. The van der Waals surface area contributed by atoms with Crippen molar-refractivity contribution in [2.24, 2.45) is 5.41 Å². The second-order valence-electron chi connectivity index (χ2n) is 6.29. The Bertz CT molecular complexity index is 543. The Morgan fingerprint density at radius 1 is 1.18 bits per heavy atom. The van der Waals surface area contributed by atoms with E-state index < -0.39 is 0 Å². The van der Waals surface area contributed by atoms with Crippen LogP contribution in [0.15, 0.2) is 18.2 Å². The zero-order valence-electron chi connectivity index (χ0n) is 13.4. The third kappa shape index (κ3) is 2.77. The zero-order valence-corrected chi connectivity index (χ0v) is 13.4. The SMILES string of the molecule is COc1ccc(OC)c(C(=O)N2CCC3(CCNC3)CC2)c1. The molecule has 2 fully saturated rings. The van der Waals surface area contributed by atoms with E-state index in [0.717, 1.165) is 39.0 Å². The number of hydrogen-bond donors (Lipinski definition) is 1. The van der Waals surface area contributed by atoms with Crippen LogP contribution in [0.3, 0.4) is 0 Å². The lowest BCUT2D eigenvalue weighted by Gasteiger charge is -2.39. The van der Waals surface area contributed by atoms with Gasteiger partial charge in [-0.25, -0.2) is 0 Å². The number of benzene rings is 1.